The number of carbonyl (C=O) groups excluding carboxylic acids is 1. The molecule has 2 heterocycles. The van der Waals surface area contributed by atoms with Crippen molar-refractivity contribution in [1.29, 1.82) is 0 Å². The Morgan fingerprint density at radius 1 is 0.941 bits per heavy atom. The highest BCUT2D eigenvalue weighted by molar-refractivity contribution is 6.05. The Kier molecular flexibility index (Phi) is 5.57. The van der Waals surface area contributed by atoms with E-state index in [-0.39, 0.29) is 23.2 Å². The Bertz CT molecular complexity index is 1410. The molecule has 0 saturated carbocycles. The molecular weight excluding hydrogens is 440 g/mol. The molecule has 0 radical (unpaired) electrons. The van der Waals surface area contributed by atoms with Gasteiger partial charge in [-0.2, -0.15) is 0 Å². The topological polar surface area (TPSA) is 64.6 Å². The first-order chi connectivity index (χ1) is 16.5. The van der Waals surface area contributed by atoms with E-state index in [0.717, 1.165) is 16.9 Å². The molecule has 8 heteroatoms. The van der Waals surface area contributed by atoms with Crippen molar-refractivity contribution in [2.75, 3.05) is 20.8 Å². The lowest BCUT2D eigenvalue weighted by molar-refractivity contribution is 0.0730. The summed E-state index contributed by atoms with van der Waals surface area (Å²) < 4.78 is 38.4. The summed E-state index contributed by atoms with van der Waals surface area (Å²) in [4.78, 5) is 24.3. The Balaban J connectivity index is 1.58. The Morgan fingerprint density at radius 2 is 1.71 bits per heavy atom. The van der Waals surface area contributed by atoms with E-state index in [0.29, 0.717) is 41.7 Å². The van der Waals surface area contributed by atoms with Crippen molar-refractivity contribution in [2.45, 2.75) is 13.0 Å². The summed E-state index contributed by atoms with van der Waals surface area (Å²) in [6, 6.07) is 13.5. The summed E-state index contributed by atoms with van der Waals surface area (Å²) in [6.45, 7) is 0.773. The fraction of sp³-hybridized carbons (Fsp3) is 0.192. The molecule has 0 bridgehead atoms. The fourth-order valence-corrected chi connectivity index (χ4v) is 4.25. The number of halogens is 2. The molecule has 34 heavy (non-hydrogen) atoms. The van der Waals surface area contributed by atoms with Crippen molar-refractivity contribution in [1.82, 2.24) is 14.9 Å². The molecule has 0 unspecified atom stereocenters. The minimum absolute atomic E-state index is 0.0992. The number of nitrogens with zero attached hydrogens (tertiary/aromatic N) is 3. The van der Waals surface area contributed by atoms with E-state index in [4.69, 9.17) is 9.47 Å². The second-order valence-corrected chi connectivity index (χ2v) is 8.01. The van der Waals surface area contributed by atoms with Gasteiger partial charge in [-0.3, -0.25) is 4.79 Å². The third-order valence-electron chi connectivity index (χ3n) is 5.97. The van der Waals surface area contributed by atoms with Crippen LogP contribution in [0.4, 0.5) is 8.78 Å². The van der Waals surface area contributed by atoms with Gasteiger partial charge in [0.05, 0.1) is 19.7 Å². The molecule has 0 atom stereocenters. The molecule has 0 aliphatic carbocycles. The van der Waals surface area contributed by atoms with Crippen LogP contribution in [0.3, 0.4) is 0 Å². The first-order valence-corrected chi connectivity index (χ1v) is 10.7. The number of rotatable bonds is 4. The van der Waals surface area contributed by atoms with Gasteiger partial charge in [-0.1, -0.05) is 0 Å². The van der Waals surface area contributed by atoms with Gasteiger partial charge in [-0.25, -0.2) is 18.7 Å². The molecule has 3 aromatic carbocycles. The normalized spacial score (nSPS) is 13.0. The van der Waals surface area contributed by atoms with Crippen LogP contribution in [0.1, 0.15) is 21.6 Å². The number of amides is 1. The van der Waals surface area contributed by atoms with Crippen LogP contribution in [-0.4, -0.2) is 41.5 Å². The fourth-order valence-electron chi connectivity index (χ4n) is 4.25. The molecule has 0 saturated heterocycles. The molecule has 4 aromatic rings. The van der Waals surface area contributed by atoms with Gasteiger partial charge in [0.2, 0.25) is 0 Å². The molecule has 1 aromatic heterocycles. The molecule has 1 amide bonds. The van der Waals surface area contributed by atoms with E-state index in [1.165, 1.54) is 30.3 Å². The lowest BCUT2D eigenvalue weighted by Crippen LogP contribution is -2.36. The number of benzene rings is 3. The highest BCUT2D eigenvalue weighted by atomic mass is 19.1. The number of fused-ring (bicyclic) bond motifs is 2. The summed E-state index contributed by atoms with van der Waals surface area (Å²) in [5, 5.41) is 0.324. The molecule has 6 nitrogen and oxygen atoms in total. The second kappa shape index (κ2) is 8.70. The SMILES string of the molecule is COc1cc2c(c(OC)c1)CCN(C(=O)c1nc(-c3ccc(F)cc3)nc3ccc(F)cc13)C2. The van der Waals surface area contributed by atoms with E-state index in [1.54, 1.807) is 31.3 Å². The maximum Gasteiger partial charge on any atom is 0.273 e. The third-order valence-corrected chi connectivity index (χ3v) is 5.97. The molecule has 0 N–H and O–H groups in total. The Labute approximate surface area is 194 Å². The van der Waals surface area contributed by atoms with Gasteiger partial charge < -0.3 is 14.4 Å². The zero-order valence-corrected chi connectivity index (χ0v) is 18.6. The van der Waals surface area contributed by atoms with Crippen molar-refractivity contribution in [2.24, 2.45) is 0 Å². The second-order valence-electron chi connectivity index (χ2n) is 8.01. The van der Waals surface area contributed by atoms with E-state index in [9.17, 15) is 13.6 Å². The summed E-state index contributed by atoms with van der Waals surface area (Å²) in [7, 11) is 3.18. The van der Waals surface area contributed by atoms with Crippen LogP contribution in [0.15, 0.2) is 54.6 Å². The van der Waals surface area contributed by atoms with Gasteiger partial charge in [-0.05, 0) is 60.5 Å². The van der Waals surface area contributed by atoms with Gasteiger partial charge in [-0.15, -0.1) is 0 Å². The molecule has 1 aliphatic heterocycles. The summed E-state index contributed by atoms with van der Waals surface area (Å²) >= 11 is 0. The van der Waals surface area contributed by atoms with Crippen LogP contribution in [0.5, 0.6) is 11.5 Å². The first-order valence-electron chi connectivity index (χ1n) is 10.7. The minimum atomic E-state index is -0.488. The Morgan fingerprint density at radius 3 is 2.44 bits per heavy atom. The predicted octanol–water partition coefficient (Wildman–Crippen LogP) is 4.79. The van der Waals surface area contributed by atoms with Crippen LogP contribution in [0.25, 0.3) is 22.3 Å². The number of aromatic nitrogens is 2. The number of ether oxygens (including phenoxy) is 2. The van der Waals surface area contributed by atoms with Crippen LogP contribution in [0.2, 0.25) is 0 Å². The van der Waals surface area contributed by atoms with Crippen LogP contribution < -0.4 is 9.47 Å². The highest BCUT2D eigenvalue weighted by Gasteiger charge is 2.27. The van der Waals surface area contributed by atoms with E-state index < -0.39 is 5.82 Å². The quantitative estimate of drug-likeness (QED) is 0.437. The number of methoxy groups -OCH3 is 2. The smallest absolute Gasteiger partial charge is 0.273 e. The van der Waals surface area contributed by atoms with Crippen LogP contribution >= 0.6 is 0 Å². The maximum absolute atomic E-state index is 14.1. The highest BCUT2D eigenvalue weighted by Crippen LogP contribution is 2.33. The lowest BCUT2D eigenvalue weighted by Gasteiger charge is -2.30. The van der Waals surface area contributed by atoms with E-state index >= 15 is 0 Å². The predicted molar refractivity (Wildman–Crippen MR) is 123 cm³/mol. The van der Waals surface area contributed by atoms with Crippen molar-refractivity contribution in [3.63, 3.8) is 0 Å². The van der Waals surface area contributed by atoms with Gasteiger partial charge in [0.1, 0.15) is 28.8 Å². The Hall–Kier alpha value is -4.07. The summed E-state index contributed by atoms with van der Waals surface area (Å²) in [5.41, 5.74) is 3.03. The average molecular weight is 461 g/mol. The largest absolute Gasteiger partial charge is 0.497 e. The van der Waals surface area contributed by atoms with Crippen molar-refractivity contribution in [3.8, 4) is 22.9 Å². The van der Waals surface area contributed by atoms with Gasteiger partial charge >= 0.3 is 0 Å². The molecule has 172 valence electrons. The zero-order valence-electron chi connectivity index (χ0n) is 18.6. The average Bonchev–Trinajstić information content (AvgIpc) is 2.87. The lowest BCUT2D eigenvalue weighted by atomic mass is 9.97. The molecule has 1 aliphatic rings. The maximum atomic E-state index is 14.1. The van der Waals surface area contributed by atoms with Gasteiger partial charge in [0, 0.05) is 35.7 Å². The third kappa shape index (κ3) is 3.91. The van der Waals surface area contributed by atoms with Gasteiger partial charge in [0.15, 0.2) is 5.82 Å². The zero-order chi connectivity index (χ0) is 23.8. The number of carbonyl (C=O) groups is 1. The number of hydrogen-bond donors (Lipinski definition) is 0. The monoisotopic (exact) mass is 461 g/mol. The standard InChI is InChI=1S/C26H21F2N3O3/c1-33-19-11-16-14-31(10-9-20(16)23(13-19)34-2)26(32)24-21-12-18(28)7-8-22(21)29-25(30-24)15-3-5-17(27)6-4-15/h3-8,11-13H,9-10,14H2,1-2H3. The van der Waals surface area contributed by atoms with Gasteiger partial charge in [0.25, 0.3) is 5.91 Å². The van der Waals surface area contributed by atoms with Crippen LogP contribution in [0, 0.1) is 11.6 Å². The van der Waals surface area contributed by atoms with Crippen molar-refractivity contribution >= 4 is 16.8 Å². The van der Waals surface area contributed by atoms with Crippen LogP contribution in [-0.2, 0) is 13.0 Å². The first kappa shape index (κ1) is 21.8. The molecule has 0 fully saturated rings. The minimum Gasteiger partial charge on any atom is -0.497 e. The van der Waals surface area contributed by atoms with Crippen molar-refractivity contribution < 1.29 is 23.0 Å². The number of hydrogen-bond acceptors (Lipinski definition) is 5. The van der Waals surface area contributed by atoms with E-state index in [2.05, 4.69) is 9.97 Å². The summed E-state index contributed by atoms with van der Waals surface area (Å²) in [6.07, 6.45) is 0.594. The summed E-state index contributed by atoms with van der Waals surface area (Å²) in [5.74, 6) is 0.406. The van der Waals surface area contributed by atoms with E-state index in [1.807, 2.05) is 12.1 Å². The van der Waals surface area contributed by atoms with Crippen molar-refractivity contribution in [3.05, 3.63) is 83.1 Å². The molecule has 0 spiro atoms. The molecular formula is C26H21F2N3O3. The molecule has 5 rings (SSSR count).